The molecule has 1 heterocycles. The molecule has 1 saturated heterocycles. The SMILES string of the molecule is NCC(=O)N1CCN(C(=O)c2cccc3ccccc23)CC1. The molecule has 0 atom stereocenters. The molecule has 0 aromatic heterocycles. The van der Waals surface area contributed by atoms with E-state index in [1.807, 2.05) is 47.4 Å². The van der Waals surface area contributed by atoms with Crippen LogP contribution >= 0.6 is 0 Å². The van der Waals surface area contributed by atoms with Gasteiger partial charge in [0.2, 0.25) is 5.91 Å². The standard InChI is InChI=1S/C17H19N3O2/c18-12-16(21)19-8-10-20(11-9-19)17(22)15-7-3-5-13-4-1-2-6-14(13)15/h1-7H,8-12,18H2. The highest BCUT2D eigenvalue weighted by molar-refractivity contribution is 6.07. The van der Waals surface area contributed by atoms with Gasteiger partial charge in [-0.3, -0.25) is 9.59 Å². The minimum atomic E-state index is -0.0581. The van der Waals surface area contributed by atoms with Crippen molar-refractivity contribution in [2.75, 3.05) is 32.7 Å². The fourth-order valence-corrected chi connectivity index (χ4v) is 2.87. The number of piperazine rings is 1. The molecule has 2 amide bonds. The van der Waals surface area contributed by atoms with Gasteiger partial charge < -0.3 is 15.5 Å². The third-order valence-corrected chi connectivity index (χ3v) is 4.11. The average molecular weight is 297 g/mol. The van der Waals surface area contributed by atoms with Gasteiger partial charge in [0.1, 0.15) is 0 Å². The Kier molecular flexibility index (Phi) is 4.06. The van der Waals surface area contributed by atoms with Gasteiger partial charge in [0.25, 0.3) is 5.91 Å². The lowest BCUT2D eigenvalue weighted by Crippen LogP contribution is -2.51. The molecule has 0 unspecified atom stereocenters. The fraction of sp³-hybridized carbons (Fsp3) is 0.294. The molecule has 114 valence electrons. The van der Waals surface area contributed by atoms with Crippen LogP contribution in [0.4, 0.5) is 0 Å². The number of hydrogen-bond acceptors (Lipinski definition) is 3. The zero-order valence-corrected chi connectivity index (χ0v) is 12.4. The molecular weight excluding hydrogens is 278 g/mol. The number of hydrogen-bond donors (Lipinski definition) is 1. The Balaban J connectivity index is 1.78. The van der Waals surface area contributed by atoms with Crippen LogP contribution in [-0.4, -0.2) is 54.3 Å². The van der Waals surface area contributed by atoms with Crippen LogP contribution in [0, 0.1) is 0 Å². The highest BCUT2D eigenvalue weighted by Crippen LogP contribution is 2.20. The van der Waals surface area contributed by atoms with Crippen LogP contribution in [-0.2, 0) is 4.79 Å². The van der Waals surface area contributed by atoms with E-state index in [0.29, 0.717) is 26.2 Å². The summed E-state index contributed by atoms with van der Waals surface area (Å²) < 4.78 is 0. The number of rotatable bonds is 2. The number of nitrogens with two attached hydrogens (primary N) is 1. The van der Waals surface area contributed by atoms with Crippen LogP contribution in [0.2, 0.25) is 0 Å². The van der Waals surface area contributed by atoms with E-state index >= 15 is 0 Å². The predicted molar refractivity (Wildman–Crippen MR) is 85.5 cm³/mol. The molecular formula is C17H19N3O2. The summed E-state index contributed by atoms with van der Waals surface area (Å²) in [7, 11) is 0. The minimum absolute atomic E-state index is 0.0247. The largest absolute Gasteiger partial charge is 0.338 e. The highest BCUT2D eigenvalue weighted by Gasteiger charge is 2.24. The zero-order valence-electron chi connectivity index (χ0n) is 12.4. The van der Waals surface area contributed by atoms with Crippen molar-refractivity contribution >= 4 is 22.6 Å². The molecule has 1 fully saturated rings. The third-order valence-electron chi connectivity index (χ3n) is 4.11. The first-order valence-corrected chi connectivity index (χ1v) is 7.45. The zero-order chi connectivity index (χ0) is 15.5. The molecule has 0 aliphatic carbocycles. The van der Waals surface area contributed by atoms with Crippen LogP contribution in [0.15, 0.2) is 42.5 Å². The van der Waals surface area contributed by atoms with Crippen molar-refractivity contribution in [1.29, 1.82) is 0 Å². The normalized spacial score (nSPS) is 15.1. The molecule has 2 N–H and O–H groups in total. The molecule has 2 aromatic rings. The second-order valence-corrected chi connectivity index (χ2v) is 5.40. The van der Waals surface area contributed by atoms with E-state index in [0.717, 1.165) is 16.3 Å². The molecule has 0 bridgehead atoms. The van der Waals surface area contributed by atoms with Crippen LogP contribution in [0.1, 0.15) is 10.4 Å². The van der Waals surface area contributed by atoms with Gasteiger partial charge in [-0.15, -0.1) is 0 Å². The van der Waals surface area contributed by atoms with Crippen molar-refractivity contribution in [2.24, 2.45) is 5.73 Å². The summed E-state index contributed by atoms with van der Waals surface area (Å²) in [5, 5.41) is 2.03. The van der Waals surface area contributed by atoms with Gasteiger partial charge >= 0.3 is 0 Å². The molecule has 3 rings (SSSR count). The Morgan fingerprint density at radius 2 is 1.55 bits per heavy atom. The lowest BCUT2D eigenvalue weighted by Gasteiger charge is -2.34. The van der Waals surface area contributed by atoms with E-state index in [-0.39, 0.29) is 18.4 Å². The molecule has 0 radical (unpaired) electrons. The third kappa shape index (κ3) is 2.67. The Morgan fingerprint density at radius 1 is 0.909 bits per heavy atom. The lowest BCUT2D eigenvalue weighted by atomic mass is 10.0. The second-order valence-electron chi connectivity index (χ2n) is 5.40. The number of carbonyl (C=O) groups is 2. The Hall–Kier alpha value is -2.40. The van der Waals surface area contributed by atoms with E-state index < -0.39 is 0 Å². The maximum absolute atomic E-state index is 12.8. The predicted octanol–water partition coefficient (Wildman–Crippen LogP) is 1.08. The van der Waals surface area contributed by atoms with Crippen molar-refractivity contribution in [3.05, 3.63) is 48.0 Å². The maximum atomic E-state index is 12.8. The Bertz CT molecular complexity index is 701. The number of nitrogens with zero attached hydrogens (tertiary/aromatic N) is 2. The molecule has 22 heavy (non-hydrogen) atoms. The Morgan fingerprint density at radius 3 is 2.27 bits per heavy atom. The summed E-state index contributed by atoms with van der Waals surface area (Å²) in [5.74, 6) is -0.0334. The van der Waals surface area contributed by atoms with E-state index in [1.165, 1.54) is 0 Å². The molecule has 0 saturated carbocycles. The average Bonchev–Trinajstić information content (AvgIpc) is 2.60. The maximum Gasteiger partial charge on any atom is 0.254 e. The van der Waals surface area contributed by atoms with Crippen molar-refractivity contribution in [3.8, 4) is 0 Å². The molecule has 2 aromatic carbocycles. The van der Waals surface area contributed by atoms with Gasteiger partial charge in [0.15, 0.2) is 0 Å². The first-order valence-electron chi connectivity index (χ1n) is 7.45. The van der Waals surface area contributed by atoms with Crippen LogP contribution in [0.25, 0.3) is 10.8 Å². The smallest absolute Gasteiger partial charge is 0.254 e. The monoisotopic (exact) mass is 297 g/mol. The van der Waals surface area contributed by atoms with Crippen molar-refractivity contribution < 1.29 is 9.59 Å². The Labute approximate surface area is 129 Å². The van der Waals surface area contributed by atoms with Gasteiger partial charge in [-0.25, -0.2) is 0 Å². The second kappa shape index (κ2) is 6.15. The minimum Gasteiger partial charge on any atom is -0.338 e. The van der Waals surface area contributed by atoms with Gasteiger partial charge in [-0.05, 0) is 16.8 Å². The first kappa shape index (κ1) is 14.5. The summed E-state index contributed by atoms with van der Waals surface area (Å²) in [6.45, 7) is 2.22. The van der Waals surface area contributed by atoms with Crippen molar-refractivity contribution in [2.45, 2.75) is 0 Å². The molecule has 5 heteroatoms. The number of carbonyl (C=O) groups excluding carboxylic acids is 2. The number of fused-ring (bicyclic) bond motifs is 1. The van der Waals surface area contributed by atoms with Gasteiger partial charge in [0, 0.05) is 31.7 Å². The molecule has 5 nitrogen and oxygen atoms in total. The summed E-state index contributed by atoms with van der Waals surface area (Å²) in [5.41, 5.74) is 6.10. The van der Waals surface area contributed by atoms with E-state index in [1.54, 1.807) is 4.90 Å². The van der Waals surface area contributed by atoms with E-state index in [9.17, 15) is 9.59 Å². The topological polar surface area (TPSA) is 66.6 Å². The number of amides is 2. The van der Waals surface area contributed by atoms with Crippen molar-refractivity contribution in [1.82, 2.24) is 9.80 Å². The van der Waals surface area contributed by atoms with E-state index in [2.05, 4.69) is 0 Å². The van der Waals surface area contributed by atoms with Crippen molar-refractivity contribution in [3.63, 3.8) is 0 Å². The molecule has 1 aliphatic heterocycles. The summed E-state index contributed by atoms with van der Waals surface area (Å²) in [4.78, 5) is 27.9. The molecule has 0 spiro atoms. The lowest BCUT2D eigenvalue weighted by molar-refractivity contribution is -0.131. The summed E-state index contributed by atoms with van der Waals surface area (Å²) >= 11 is 0. The van der Waals surface area contributed by atoms with E-state index in [4.69, 9.17) is 5.73 Å². The summed E-state index contributed by atoms with van der Waals surface area (Å²) in [6, 6.07) is 13.7. The van der Waals surface area contributed by atoms with Gasteiger partial charge in [-0.2, -0.15) is 0 Å². The van der Waals surface area contributed by atoms with Gasteiger partial charge in [-0.1, -0.05) is 36.4 Å². The first-order chi connectivity index (χ1) is 10.7. The van der Waals surface area contributed by atoms with Crippen LogP contribution in [0.3, 0.4) is 0 Å². The fourth-order valence-electron chi connectivity index (χ4n) is 2.87. The highest BCUT2D eigenvalue weighted by atomic mass is 16.2. The van der Waals surface area contributed by atoms with Gasteiger partial charge in [0.05, 0.1) is 6.54 Å². The summed E-state index contributed by atoms with van der Waals surface area (Å²) in [6.07, 6.45) is 0. The van der Waals surface area contributed by atoms with Crippen LogP contribution < -0.4 is 5.73 Å². The molecule has 1 aliphatic rings. The number of benzene rings is 2. The van der Waals surface area contributed by atoms with Crippen LogP contribution in [0.5, 0.6) is 0 Å². The quantitative estimate of drug-likeness (QED) is 0.902.